The van der Waals surface area contributed by atoms with Crippen molar-refractivity contribution in [3.8, 4) is 0 Å². The third-order valence-corrected chi connectivity index (χ3v) is 5.15. The van der Waals surface area contributed by atoms with Gasteiger partial charge in [-0.1, -0.05) is 19.8 Å². The Morgan fingerprint density at radius 1 is 1.23 bits per heavy atom. The summed E-state index contributed by atoms with van der Waals surface area (Å²) in [5.74, 6) is -1.14. The molecule has 2 N–H and O–H groups in total. The molecule has 0 radical (unpaired) electrons. The van der Waals surface area contributed by atoms with Gasteiger partial charge in [0, 0.05) is 18.2 Å². The summed E-state index contributed by atoms with van der Waals surface area (Å²) >= 11 is 0. The molecule has 1 aliphatic carbocycles. The van der Waals surface area contributed by atoms with E-state index in [2.05, 4.69) is 10.6 Å². The Morgan fingerprint density at radius 3 is 2.62 bits per heavy atom. The summed E-state index contributed by atoms with van der Waals surface area (Å²) in [6, 6.07) is 4.55. The first-order valence-electron chi connectivity index (χ1n) is 9.16. The zero-order valence-electron chi connectivity index (χ0n) is 14.8. The molecule has 140 valence electrons. The van der Waals surface area contributed by atoms with Crippen molar-refractivity contribution in [2.75, 3.05) is 5.32 Å². The summed E-state index contributed by atoms with van der Waals surface area (Å²) in [6.07, 6.45) is 3.93. The summed E-state index contributed by atoms with van der Waals surface area (Å²) < 4.78 is 13.0. The lowest BCUT2D eigenvalue weighted by Gasteiger charge is -2.48. The van der Waals surface area contributed by atoms with E-state index in [1.165, 1.54) is 24.3 Å². The topological polar surface area (TPSA) is 78.5 Å². The van der Waals surface area contributed by atoms with Gasteiger partial charge >= 0.3 is 0 Å². The molecule has 0 bridgehead atoms. The molecule has 0 aromatic heterocycles. The van der Waals surface area contributed by atoms with Gasteiger partial charge in [0.15, 0.2) is 0 Å². The van der Waals surface area contributed by atoms with Crippen LogP contribution in [-0.2, 0) is 14.4 Å². The van der Waals surface area contributed by atoms with Crippen molar-refractivity contribution in [1.82, 2.24) is 10.2 Å². The van der Waals surface area contributed by atoms with Crippen LogP contribution in [0.25, 0.3) is 0 Å². The van der Waals surface area contributed by atoms with Gasteiger partial charge < -0.3 is 15.5 Å². The van der Waals surface area contributed by atoms with Crippen molar-refractivity contribution in [3.63, 3.8) is 0 Å². The van der Waals surface area contributed by atoms with Gasteiger partial charge in [0.25, 0.3) is 0 Å². The number of halogens is 1. The van der Waals surface area contributed by atoms with Crippen LogP contribution in [0.1, 0.15) is 45.4 Å². The largest absolute Gasteiger partial charge is 0.349 e. The first-order valence-corrected chi connectivity index (χ1v) is 9.16. The Kier molecular flexibility index (Phi) is 5.54. The molecule has 1 saturated heterocycles. The van der Waals surface area contributed by atoms with Gasteiger partial charge in [-0.25, -0.2) is 4.39 Å². The molecule has 1 aromatic rings. The number of piperazine rings is 1. The Labute approximate surface area is 152 Å². The normalized spacial score (nSPS) is 25.2. The minimum absolute atomic E-state index is 0.0249. The maximum absolute atomic E-state index is 13.0. The highest BCUT2D eigenvalue weighted by molar-refractivity contribution is 5.97. The fourth-order valence-electron chi connectivity index (χ4n) is 3.90. The van der Waals surface area contributed by atoms with Crippen molar-refractivity contribution < 1.29 is 18.8 Å². The Bertz CT molecular complexity index is 692. The zero-order valence-corrected chi connectivity index (χ0v) is 14.8. The number of hydrogen-bond donors (Lipinski definition) is 2. The number of anilines is 1. The van der Waals surface area contributed by atoms with Crippen molar-refractivity contribution in [3.05, 3.63) is 30.1 Å². The SMILES string of the molecule is CCC(=O)N1[C@H](CC(=O)Nc2ccc(F)cc2)C(=O)N[C@H]2CCCC[C@@H]21. The van der Waals surface area contributed by atoms with Crippen molar-refractivity contribution in [2.45, 2.75) is 63.6 Å². The standard InChI is InChI=1S/C19H24FN3O3/c1-2-18(25)23-15-6-4-3-5-14(15)22-19(26)16(23)11-17(24)21-13-9-7-12(20)8-10-13/h7-10,14-16H,2-6,11H2,1H3,(H,21,24)(H,22,26)/t14-,15-,16+/m0/s1. The molecule has 0 spiro atoms. The second kappa shape index (κ2) is 7.85. The summed E-state index contributed by atoms with van der Waals surface area (Å²) in [5, 5.41) is 5.65. The number of rotatable bonds is 4. The van der Waals surface area contributed by atoms with E-state index < -0.39 is 11.9 Å². The molecule has 2 fully saturated rings. The van der Waals surface area contributed by atoms with Crippen LogP contribution in [0.4, 0.5) is 10.1 Å². The minimum atomic E-state index is -0.803. The van der Waals surface area contributed by atoms with Crippen LogP contribution in [0.2, 0.25) is 0 Å². The molecular formula is C19H24FN3O3. The van der Waals surface area contributed by atoms with Crippen LogP contribution < -0.4 is 10.6 Å². The lowest BCUT2D eigenvalue weighted by molar-refractivity contribution is -0.151. The monoisotopic (exact) mass is 361 g/mol. The van der Waals surface area contributed by atoms with Gasteiger partial charge in [-0.15, -0.1) is 0 Å². The van der Waals surface area contributed by atoms with Crippen molar-refractivity contribution in [1.29, 1.82) is 0 Å². The zero-order chi connectivity index (χ0) is 18.7. The second-order valence-corrected chi connectivity index (χ2v) is 6.90. The van der Waals surface area contributed by atoms with E-state index in [-0.39, 0.29) is 36.2 Å². The first-order chi connectivity index (χ1) is 12.5. The van der Waals surface area contributed by atoms with E-state index in [4.69, 9.17) is 0 Å². The third kappa shape index (κ3) is 3.86. The molecule has 1 heterocycles. The predicted molar refractivity (Wildman–Crippen MR) is 94.8 cm³/mol. The fourth-order valence-corrected chi connectivity index (χ4v) is 3.90. The van der Waals surface area contributed by atoms with E-state index in [0.717, 1.165) is 25.7 Å². The number of benzene rings is 1. The number of nitrogens with zero attached hydrogens (tertiary/aromatic N) is 1. The lowest BCUT2D eigenvalue weighted by atomic mass is 9.85. The molecule has 7 heteroatoms. The Balaban J connectivity index is 1.74. The molecule has 0 unspecified atom stereocenters. The van der Waals surface area contributed by atoms with Crippen LogP contribution in [-0.4, -0.2) is 40.7 Å². The van der Waals surface area contributed by atoms with Crippen LogP contribution >= 0.6 is 0 Å². The third-order valence-electron chi connectivity index (χ3n) is 5.15. The molecular weight excluding hydrogens is 337 g/mol. The molecule has 1 aliphatic heterocycles. The Hall–Kier alpha value is -2.44. The summed E-state index contributed by atoms with van der Waals surface area (Å²) in [4.78, 5) is 39.1. The van der Waals surface area contributed by atoms with Gasteiger partial charge in [-0.3, -0.25) is 14.4 Å². The number of amides is 3. The number of carbonyl (C=O) groups excluding carboxylic acids is 3. The fraction of sp³-hybridized carbons (Fsp3) is 0.526. The number of nitrogens with one attached hydrogen (secondary N) is 2. The van der Waals surface area contributed by atoms with Gasteiger partial charge in [-0.05, 0) is 37.1 Å². The predicted octanol–water partition coefficient (Wildman–Crippen LogP) is 2.20. The molecule has 1 saturated carbocycles. The maximum Gasteiger partial charge on any atom is 0.243 e. The molecule has 3 amide bonds. The van der Waals surface area contributed by atoms with E-state index in [1.54, 1.807) is 11.8 Å². The van der Waals surface area contributed by atoms with Crippen LogP contribution in [0.5, 0.6) is 0 Å². The Morgan fingerprint density at radius 2 is 1.92 bits per heavy atom. The van der Waals surface area contributed by atoms with E-state index in [0.29, 0.717) is 12.1 Å². The molecule has 3 rings (SSSR count). The average molecular weight is 361 g/mol. The summed E-state index contributed by atoms with van der Waals surface area (Å²) in [7, 11) is 0. The van der Waals surface area contributed by atoms with Crippen LogP contribution in [0.15, 0.2) is 24.3 Å². The summed E-state index contributed by atoms with van der Waals surface area (Å²) in [5.41, 5.74) is 0.455. The number of fused-ring (bicyclic) bond motifs is 1. The molecule has 26 heavy (non-hydrogen) atoms. The second-order valence-electron chi connectivity index (χ2n) is 6.90. The highest BCUT2D eigenvalue weighted by atomic mass is 19.1. The van der Waals surface area contributed by atoms with E-state index in [1.807, 2.05) is 0 Å². The van der Waals surface area contributed by atoms with Gasteiger partial charge in [0.1, 0.15) is 11.9 Å². The van der Waals surface area contributed by atoms with Crippen LogP contribution in [0, 0.1) is 5.82 Å². The number of carbonyl (C=O) groups is 3. The minimum Gasteiger partial charge on any atom is -0.349 e. The highest BCUT2D eigenvalue weighted by Gasteiger charge is 2.45. The van der Waals surface area contributed by atoms with Gasteiger partial charge in [-0.2, -0.15) is 0 Å². The van der Waals surface area contributed by atoms with Gasteiger partial charge in [0.05, 0.1) is 12.5 Å². The quantitative estimate of drug-likeness (QED) is 0.863. The molecule has 1 aromatic carbocycles. The molecule has 3 atom stereocenters. The number of hydrogen-bond acceptors (Lipinski definition) is 3. The van der Waals surface area contributed by atoms with E-state index in [9.17, 15) is 18.8 Å². The van der Waals surface area contributed by atoms with Crippen LogP contribution in [0.3, 0.4) is 0 Å². The summed E-state index contributed by atoms with van der Waals surface area (Å²) in [6.45, 7) is 1.77. The maximum atomic E-state index is 13.0. The van der Waals surface area contributed by atoms with Crippen molar-refractivity contribution >= 4 is 23.4 Å². The molecule has 6 nitrogen and oxygen atoms in total. The first kappa shape index (κ1) is 18.4. The van der Waals surface area contributed by atoms with E-state index >= 15 is 0 Å². The van der Waals surface area contributed by atoms with Crippen molar-refractivity contribution in [2.24, 2.45) is 0 Å². The smallest absolute Gasteiger partial charge is 0.243 e. The van der Waals surface area contributed by atoms with Gasteiger partial charge in [0.2, 0.25) is 17.7 Å². The highest BCUT2D eigenvalue weighted by Crippen LogP contribution is 2.30. The lowest BCUT2D eigenvalue weighted by Crippen LogP contribution is -2.67. The average Bonchev–Trinajstić information content (AvgIpc) is 2.63. The molecule has 2 aliphatic rings.